The number of aromatic nitrogens is 1. The first-order chi connectivity index (χ1) is 7.83. The number of pyridine rings is 1. The van der Waals surface area contributed by atoms with Crippen molar-refractivity contribution < 1.29 is 4.79 Å². The van der Waals surface area contributed by atoms with Gasteiger partial charge in [-0.2, -0.15) is 0 Å². The molecule has 2 unspecified atom stereocenters. The highest BCUT2D eigenvalue weighted by Crippen LogP contribution is 2.54. The van der Waals surface area contributed by atoms with Gasteiger partial charge in [-0.25, -0.2) is 0 Å². The fourth-order valence-corrected chi connectivity index (χ4v) is 2.76. The van der Waals surface area contributed by atoms with E-state index in [9.17, 15) is 4.79 Å². The molecule has 1 amide bonds. The summed E-state index contributed by atoms with van der Waals surface area (Å²) < 4.78 is 0. The molecule has 0 saturated heterocycles. The Hall–Kier alpha value is -1.38. The molecule has 3 rings (SSSR count). The van der Waals surface area contributed by atoms with E-state index in [2.05, 4.69) is 10.3 Å². The van der Waals surface area contributed by atoms with Crippen LogP contribution in [0.2, 0.25) is 0 Å². The number of hydrogen-bond acceptors (Lipinski definition) is 2. The summed E-state index contributed by atoms with van der Waals surface area (Å²) >= 11 is 0. The summed E-state index contributed by atoms with van der Waals surface area (Å²) in [6.45, 7) is 0.632. The number of fused-ring (bicyclic) bond motifs is 1. The highest BCUT2D eigenvalue weighted by Gasteiger charge is 2.47. The summed E-state index contributed by atoms with van der Waals surface area (Å²) in [5.74, 6) is 2.27. The Morgan fingerprint density at radius 2 is 1.94 bits per heavy atom. The van der Waals surface area contributed by atoms with Crippen LogP contribution in [0.5, 0.6) is 0 Å². The molecule has 0 aliphatic heterocycles. The SMILES string of the molecule is O=C(NCc1ccncc1)C1CC2CC2C1. The van der Waals surface area contributed by atoms with Gasteiger partial charge in [-0.05, 0) is 48.8 Å². The van der Waals surface area contributed by atoms with Crippen LogP contribution >= 0.6 is 0 Å². The van der Waals surface area contributed by atoms with E-state index < -0.39 is 0 Å². The zero-order chi connectivity index (χ0) is 11.0. The molecule has 2 aliphatic carbocycles. The lowest BCUT2D eigenvalue weighted by Crippen LogP contribution is -2.29. The monoisotopic (exact) mass is 216 g/mol. The smallest absolute Gasteiger partial charge is 0.223 e. The summed E-state index contributed by atoms with van der Waals surface area (Å²) in [5, 5.41) is 3.02. The molecular formula is C13H16N2O. The Balaban J connectivity index is 1.50. The van der Waals surface area contributed by atoms with Crippen molar-refractivity contribution in [2.75, 3.05) is 0 Å². The third kappa shape index (κ3) is 1.94. The van der Waals surface area contributed by atoms with E-state index in [0.29, 0.717) is 6.54 Å². The minimum Gasteiger partial charge on any atom is -0.352 e. The van der Waals surface area contributed by atoms with Gasteiger partial charge in [0.2, 0.25) is 5.91 Å². The van der Waals surface area contributed by atoms with Crippen molar-refractivity contribution in [2.45, 2.75) is 25.8 Å². The number of nitrogens with zero attached hydrogens (tertiary/aromatic N) is 1. The van der Waals surface area contributed by atoms with Crippen molar-refractivity contribution in [3.8, 4) is 0 Å². The molecule has 1 aromatic rings. The van der Waals surface area contributed by atoms with E-state index in [1.807, 2.05) is 12.1 Å². The molecule has 3 nitrogen and oxygen atoms in total. The van der Waals surface area contributed by atoms with Crippen LogP contribution in [0.3, 0.4) is 0 Å². The fraction of sp³-hybridized carbons (Fsp3) is 0.538. The predicted molar refractivity (Wildman–Crippen MR) is 60.4 cm³/mol. The molecule has 16 heavy (non-hydrogen) atoms. The number of carbonyl (C=O) groups excluding carboxylic acids is 1. The van der Waals surface area contributed by atoms with Gasteiger partial charge in [0.05, 0.1) is 0 Å². The van der Waals surface area contributed by atoms with Crippen LogP contribution in [-0.2, 0) is 11.3 Å². The van der Waals surface area contributed by atoms with Crippen LogP contribution in [0.25, 0.3) is 0 Å². The van der Waals surface area contributed by atoms with Gasteiger partial charge < -0.3 is 5.32 Å². The number of amides is 1. The van der Waals surface area contributed by atoms with Crippen LogP contribution in [0.15, 0.2) is 24.5 Å². The normalized spacial score (nSPS) is 30.9. The second-order valence-corrected chi connectivity index (χ2v) is 5.00. The molecule has 0 bridgehead atoms. The van der Waals surface area contributed by atoms with Gasteiger partial charge in [-0.15, -0.1) is 0 Å². The summed E-state index contributed by atoms with van der Waals surface area (Å²) in [6.07, 6.45) is 7.12. The molecule has 2 atom stereocenters. The molecule has 2 fully saturated rings. The van der Waals surface area contributed by atoms with Gasteiger partial charge in [0, 0.05) is 24.9 Å². The van der Waals surface area contributed by atoms with Crippen molar-refractivity contribution in [3.05, 3.63) is 30.1 Å². The molecule has 0 aromatic carbocycles. The molecule has 1 aromatic heterocycles. The Morgan fingerprint density at radius 3 is 2.62 bits per heavy atom. The molecule has 3 heteroatoms. The van der Waals surface area contributed by atoms with Crippen LogP contribution in [0, 0.1) is 17.8 Å². The Kier molecular flexibility index (Phi) is 2.39. The van der Waals surface area contributed by atoms with E-state index in [0.717, 1.165) is 30.2 Å². The molecule has 0 spiro atoms. The zero-order valence-electron chi connectivity index (χ0n) is 9.23. The highest BCUT2D eigenvalue weighted by atomic mass is 16.1. The molecular weight excluding hydrogens is 200 g/mol. The van der Waals surface area contributed by atoms with Crippen molar-refractivity contribution in [1.29, 1.82) is 0 Å². The summed E-state index contributed by atoms with van der Waals surface area (Å²) in [6, 6.07) is 3.87. The minimum atomic E-state index is 0.240. The first-order valence-corrected chi connectivity index (χ1v) is 5.99. The third-order valence-electron chi connectivity index (χ3n) is 3.83. The van der Waals surface area contributed by atoms with Crippen LogP contribution < -0.4 is 5.32 Å². The molecule has 84 valence electrons. The van der Waals surface area contributed by atoms with E-state index >= 15 is 0 Å². The molecule has 2 saturated carbocycles. The minimum absolute atomic E-state index is 0.240. The van der Waals surface area contributed by atoms with Gasteiger partial charge >= 0.3 is 0 Å². The van der Waals surface area contributed by atoms with Gasteiger partial charge in [0.25, 0.3) is 0 Å². The van der Waals surface area contributed by atoms with Gasteiger partial charge in [-0.3, -0.25) is 9.78 Å². The lowest BCUT2D eigenvalue weighted by atomic mass is 10.0. The highest BCUT2D eigenvalue weighted by molar-refractivity contribution is 5.79. The number of rotatable bonds is 3. The Morgan fingerprint density at radius 1 is 1.25 bits per heavy atom. The number of hydrogen-bond donors (Lipinski definition) is 1. The maximum atomic E-state index is 11.9. The van der Waals surface area contributed by atoms with E-state index in [1.54, 1.807) is 12.4 Å². The van der Waals surface area contributed by atoms with Crippen molar-refractivity contribution in [2.24, 2.45) is 17.8 Å². The molecule has 1 N–H and O–H groups in total. The topological polar surface area (TPSA) is 42.0 Å². The second kappa shape index (κ2) is 3.89. The fourth-order valence-electron chi connectivity index (χ4n) is 2.76. The third-order valence-corrected chi connectivity index (χ3v) is 3.83. The predicted octanol–water partition coefficient (Wildman–Crippen LogP) is 1.74. The maximum absolute atomic E-state index is 11.9. The largest absolute Gasteiger partial charge is 0.352 e. The number of carbonyl (C=O) groups is 1. The van der Waals surface area contributed by atoms with E-state index in [1.165, 1.54) is 6.42 Å². The van der Waals surface area contributed by atoms with Crippen LogP contribution in [0.1, 0.15) is 24.8 Å². The summed E-state index contributed by atoms with van der Waals surface area (Å²) in [7, 11) is 0. The first-order valence-electron chi connectivity index (χ1n) is 5.99. The van der Waals surface area contributed by atoms with Crippen LogP contribution in [0.4, 0.5) is 0 Å². The average Bonchev–Trinajstić information content (AvgIpc) is 2.94. The van der Waals surface area contributed by atoms with E-state index in [-0.39, 0.29) is 11.8 Å². The van der Waals surface area contributed by atoms with Gasteiger partial charge in [0.15, 0.2) is 0 Å². The van der Waals surface area contributed by atoms with E-state index in [4.69, 9.17) is 0 Å². The standard InChI is InChI=1S/C13H16N2O/c16-13(12-6-10-5-11(10)7-12)15-8-9-1-3-14-4-2-9/h1-4,10-12H,5-8H2,(H,15,16). The molecule has 2 aliphatic rings. The summed E-state index contributed by atoms with van der Waals surface area (Å²) in [4.78, 5) is 15.8. The second-order valence-electron chi connectivity index (χ2n) is 5.00. The van der Waals surface area contributed by atoms with Crippen molar-refractivity contribution in [3.63, 3.8) is 0 Å². The summed E-state index contributed by atoms with van der Waals surface area (Å²) in [5.41, 5.74) is 1.12. The van der Waals surface area contributed by atoms with Gasteiger partial charge in [-0.1, -0.05) is 0 Å². The maximum Gasteiger partial charge on any atom is 0.223 e. The lowest BCUT2D eigenvalue weighted by molar-refractivity contribution is -0.125. The first kappa shape index (κ1) is 9.82. The quantitative estimate of drug-likeness (QED) is 0.836. The Bertz CT molecular complexity index is 380. The van der Waals surface area contributed by atoms with Gasteiger partial charge in [0.1, 0.15) is 0 Å². The van der Waals surface area contributed by atoms with Crippen LogP contribution in [-0.4, -0.2) is 10.9 Å². The Labute approximate surface area is 95.3 Å². The van der Waals surface area contributed by atoms with Crippen molar-refractivity contribution >= 4 is 5.91 Å². The average molecular weight is 216 g/mol. The van der Waals surface area contributed by atoms with Crippen molar-refractivity contribution in [1.82, 2.24) is 10.3 Å². The molecule has 0 radical (unpaired) electrons. The molecule has 1 heterocycles. The number of nitrogens with one attached hydrogen (secondary N) is 1. The lowest BCUT2D eigenvalue weighted by Gasteiger charge is -2.12. The zero-order valence-corrected chi connectivity index (χ0v) is 9.23.